The second-order valence-electron chi connectivity index (χ2n) is 3.80. The highest BCUT2D eigenvalue weighted by Crippen LogP contribution is 2.28. The van der Waals surface area contributed by atoms with Crippen LogP contribution in [-0.2, 0) is 14.8 Å². The molecule has 4 N–H and O–H groups in total. The normalized spacial score (nSPS) is 11.4. The van der Waals surface area contributed by atoms with Gasteiger partial charge in [-0.15, -0.1) is 0 Å². The maximum Gasteiger partial charge on any atom is 0.274 e. The molecular formula is C10H15FN4O5S. The van der Waals surface area contributed by atoms with Crippen LogP contribution in [0, 0.1) is 15.9 Å². The summed E-state index contributed by atoms with van der Waals surface area (Å²) in [6, 6.07) is 1.35. The monoisotopic (exact) mass is 322 g/mol. The lowest BCUT2D eigenvalue weighted by atomic mass is 10.3. The number of nitrogens with two attached hydrogens (primary N) is 1. The van der Waals surface area contributed by atoms with Gasteiger partial charge in [-0.2, -0.15) is 0 Å². The van der Waals surface area contributed by atoms with Crippen molar-refractivity contribution in [1.29, 1.82) is 0 Å². The average Bonchev–Trinajstić information content (AvgIpc) is 2.42. The molecule has 0 aliphatic carbocycles. The molecule has 0 amide bonds. The highest BCUT2D eigenvalue weighted by atomic mass is 32.2. The van der Waals surface area contributed by atoms with Crippen LogP contribution in [0.15, 0.2) is 17.0 Å². The fourth-order valence-electron chi connectivity index (χ4n) is 1.53. The number of anilines is 1. The van der Waals surface area contributed by atoms with Gasteiger partial charge in [-0.25, -0.2) is 17.5 Å². The summed E-state index contributed by atoms with van der Waals surface area (Å²) >= 11 is 0. The summed E-state index contributed by atoms with van der Waals surface area (Å²) in [6.45, 7) is 2.18. The largest absolute Gasteiger partial charge is 0.380 e. The molecule has 0 aromatic heterocycles. The van der Waals surface area contributed by atoms with Crippen LogP contribution in [0.3, 0.4) is 0 Å². The molecule has 1 rings (SSSR count). The second kappa shape index (κ2) is 7.26. The summed E-state index contributed by atoms with van der Waals surface area (Å²) in [6.07, 6.45) is 0. The third-order valence-electron chi connectivity index (χ3n) is 2.41. The molecular weight excluding hydrogens is 307 g/mol. The number of ether oxygens (including phenoxy) is 1. The predicted molar refractivity (Wildman–Crippen MR) is 72.5 cm³/mol. The summed E-state index contributed by atoms with van der Waals surface area (Å²) in [5.74, 6) is 3.83. The van der Waals surface area contributed by atoms with Crippen LogP contribution >= 0.6 is 0 Å². The van der Waals surface area contributed by atoms with Crippen molar-refractivity contribution in [3.05, 3.63) is 28.1 Å². The fraction of sp³-hybridized carbons (Fsp3) is 0.400. The van der Waals surface area contributed by atoms with Crippen molar-refractivity contribution < 1.29 is 22.5 Å². The Balaban J connectivity index is 3.13. The Bertz CT molecular complexity index is 622. The molecule has 0 atom stereocenters. The van der Waals surface area contributed by atoms with E-state index in [9.17, 15) is 22.9 Å². The lowest BCUT2D eigenvalue weighted by Gasteiger charge is -2.12. The van der Waals surface area contributed by atoms with Crippen LogP contribution in [-0.4, -0.2) is 33.1 Å². The Morgan fingerprint density at radius 1 is 1.48 bits per heavy atom. The van der Waals surface area contributed by atoms with Gasteiger partial charge in [0.1, 0.15) is 4.90 Å². The number of nitrogens with zero attached hydrogens (tertiary/aromatic N) is 1. The van der Waals surface area contributed by atoms with E-state index in [1.807, 2.05) is 5.43 Å². The van der Waals surface area contributed by atoms with Crippen LogP contribution in [0.5, 0.6) is 0 Å². The fourth-order valence-corrected chi connectivity index (χ4v) is 2.75. The SMILES string of the molecule is CCOCCNS(=O)(=O)c1c(F)cc([N+](=O)[O-])cc1NN. The van der Waals surface area contributed by atoms with Crippen LogP contribution < -0.4 is 16.0 Å². The van der Waals surface area contributed by atoms with Crippen LogP contribution in [0.1, 0.15) is 6.92 Å². The maximum absolute atomic E-state index is 13.9. The van der Waals surface area contributed by atoms with Crippen LogP contribution in [0.4, 0.5) is 15.8 Å². The van der Waals surface area contributed by atoms with E-state index < -0.39 is 37.0 Å². The average molecular weight is 322 g/mol. The molecule has 0 saturated carbocycles. The number of non-ortho nitro benzene ring substituents is 1. The molecule has 1 aromatic carbocycles. The molecule has 21 heavy (non-hydrogen) atoms. The van der Waals surface area contributed by atoms with E-state index in [0.717, 1.165) is 6.07 Å². The quantitative estimate of drug-likeness (QED) is 0.271. The molecule has 0 spiro atoms. The molecule has 0 aliphatic heterocycles. The Kier molecular flexibility index (Phi) is 5.96. The predicted octanol–water partition coefficient (Wildman–Crippen LogP) is 0.334. The van der Waals surface area contributed by atoms with Gasteiger partial charge in [0.15, 0.2) is 5.82 Å². The maximum atomic E-state index is 13.9. The number of benzene rings is 1. The smallest absolute Gasteiger partial charge is 0.274 e. The molecule has 118 valence electrons. The number of halogens is 1. The van der Waals surface area contributed by atoms with Crippen LogP contribution in [0.25, 0.3) is 0 Å². The molecule has 1 aromatic rings. The van der Waals surface area contributed by atoms with Gasteiger partial charge in [0.25, 0.3) is 5.69 Å². The van der Waals surface area contributed by atoms with Crippen molar-refractivity contribution in [2.45, 2.75) is 11.8 Å². The molecule has 0 heterocycles. The van der Waals surface area contributed by atoms with Gasteiger partial charge in [0.2, 0.25) is 10.0 Å². The van der Waals surface area contributed by atoms with Gasteiger partial charge >= 0.3 is 0 Å². The minimum atomic E-state index is -4.23. The summed E-state index contributed by atoms with van der Waals surface area (Å²) in [5, 5.41) is 10.6. The first-order chi connectivity index (χ1) is 9.83. The highest BCUT2D eigenvalue weighted by Gasteiger charge is 2.26. The van der Waals surface area contributed by atoms with E-state index in [-0.39, 0.29) is 13.2 Å². The van der Waals surface area contributed by atoms with Crippen molar-refractivity contribution >= 4 is 21.4 Å². The summed E-state index contributed by atoms with van der Waals surface area (Å²) in [5.41, 5.74) is 0.916. The second-order valence-corrected chi connectivity index (χ2v) is 5.50. The molecule has 0 bridgehead atoms. The Labute approximate surface area is 120 Å². The Morgan fingerprint density at radius 2 is 2.14 bits per heavy atom. The van der Waals surface area contributed by atoms with E-state index in [0.29, 0.717) is 12.7 Å². The molecule has 11 heteroatoms. The van der Waals surface area contributed by atoms with E-state index in [2.05, 4.69) is 4.72 Å². The van der Waals surface area contributed by atoms with Gasteiger partial charge in [0, 0.05) is 19.2 Å². The van der Waals surface area contributed by atoms with Gasteiger partial charge in [-0.3, -0.25) is 16.0 Å². The van der Waals surface area contributed by atoms with Crippen molar-refractivity contribution in [3.63, 3.8) is 0 Å². The number of nitro groups is 1. The molecule has 0 unspecified atom stereocenters. The summed E-state index contributed by atoms with van der Waals surface area (Å²) in [7, 11) is -4.23. The molecule has 0 saturated heterocycles. The number of hydrogen-bond acceptors (Lipinski definition) is 7. The van der Waals surface area contributed by atoms with Crippen molar-refractivity contribution in [3.8, 4) is 0 Å². The Hall–Kier alpha value is -1.82. The lowest BCUT2D eigenvalue weighted by molar-refractivity contribution is -0.385. The topological polar surface area (TPSA) is 137 Å². The first-order valence-electron chi connectivity index (χ1n) is 5.85. The van der Waals surface area contributed by atoms with E-state index in [1.165, 1.54) is 0 Å². The van der Waals surface area contributed by atoms with Gasteiger partial charge < -0.3 is 10.2 Å². The Morgan fingerprint density at radius 3 is 2.67 bits per heavy atom. The van der Waals surface area contributed by atoms with E-state index in [4.69, 9.17) is 10.6 Å². The molecule has 0 fully saturated rings. The first kappa shape index (κ1) is 17.2. The minimum Gasteiger partial charge on any atom is -0.380 e. The number of nitrogen functional groups attached to an aromatic ring is 1. The number of nitro benzene ring substituents is 1. The number of hydrogen-bond donors (Lipinski definition) is 3. The summed E-state index contributed by atoms with van der Waals surface area (Å²) < 4.78 is 45.0. The van der Waals surface area contributed by atoms with Gasteiger partial charge in [-0.1, -0.05) is 0 Å². The zero-order valence-corrected chi connectivity index (χ0v) is 11.9. The minimum absolute atomic E-state index is 0.0728. The van der Waals surface area contributed by atoms with E-state index >= 15 is 0 Å². The van der Waals surface area contributed by atoms with Crippen LogP contribution in [0.2, 0.25) is 0 Å². The molecule has 0 aliphatic rings. The van der Waals surface area contributed by atoms with E-state index in [1.54, 1.807) is 6.92 Å². The van der Waals surface area contributed by atoms with Gasteiger partial charge in [0.05, 0.1) is 23.3 Å². The third kappa shape index (κ3) is 4.32. The highest BCUT2D eigenvalue weighted by molar-refractivity contribution is 7.89. The molecule has 9 nitrogen and oxygen atoms in total. The lowest BCUT2D eigenvalue weighted by Crippen LogP contribution is -2.29. The number of nitrogens with one attached hydrogen (secondary N) is 2. The van der Waals surface area contributed by atoms with Crippen molar-refractivity contribution in [2.24, 2.45) is 5.84 Å². The standard InChI is InChI=1S/C10H15FN4O5S/c1-2-20-4-3-13-21(18,19)10-8(11)5-7(15(16)17)6-9(10)14-12/h5-6,13-14H,2-4,12H2,1H3. The number of hydrazine groups is 1. The molecule has 0 radical (unpaired) electrons. The van der Waals surface area contributed by atoms with Crippen molar-refractivity contribution in [1.82, 2.24) is 4.72 Å². The third-order valence-corrected chi connectivity index (χ3v) is 3.94. The zero-order valence-electron chi connectivity index (χ0n) is 11.1. The van der Waals surface area contributed by atoms with Crippen molar-refractivity contribution in [2.75, 3.05) is 25.2 Å². The summed E-state index contributed by atoms with van der Waals surface area (Å²) in [4.78, 5) is 8.97. The zero-order chi connectivity index (χ0) is 16.0. The first-order valence-corrected chi connectivity index (χ1v) is 7.33. The number of rotatable bonds is 8. The number of sulfonamides is 1. The van der Waals surface area contributed by atoms with Gasteiger partial charge in [-0.05, 0) is 6.92 Å².